The maximum Gasteiger partial charge on any atom is 0.295 e. The van der Waals surface area contributed by atoms with Gasteiger partial charge in [0, 0.05) is 21.5 Å². The van der Waals surface area contributed by atoms with Crippen molar-refractivity contribution in [1.82, 2.24) is 0 Å². The molecule has 5 N–H and O–H groups in total. The predicted octanol–water partition coefficient (Wildman–Crippen LogP) is 8.27. The van der Waals surface area contributed by atoms with E-state index in [0.717, 1.165) is 17.2 Å². The van der Waals surface area contributed by atoms with Crippen molar-refractivity contribution in [3.05, 3.63) is 109 Å². The zero-order valence-corrected chi connectivity index (χ0v) is 25.2. The Morgan fingerprint density at radius 2 is 0.891 bits per heavy atom. The molecule has 0 saturated carbocycles. The lowest BCUT2D eigenvalue weighted by Gasteiger charge is -2.09. The van der Waals surface area contributed by atoms with E-state index < -0.39 is 25.1 Å². The minimum atomic E-state index is -4.59. The fraction of sp³-hybridized carbons (Fsp3) is 0. The van der Waals surface area contributed by atoms with Gasteiger partial charge in [-0.2, -0.15) is 27.1 Å². The summed E-state index contributed by atoms with van der Waals surface area (Å²) in [7, 11) is -9.13. The van der Waals surface area contributed by atoms with E-state index in [1.807, 2.05) is 12.1 Å². The van der Waals surface area contributed by atoms with Crippen molar-refractivity contribution < 1.29 is 31.0 Å². The number of benzene rings is 6. The summed E-state index contributed by atoms with van der Waals surface area (Å²) in [6, 6.07) is 28.9. The van der Waals surface area contributed by atoms with Crippen LogP contribution in [0.25, 0.3) is 32.7 Å². The van der Waals surface area contributed by atoms with E-state index in [2.05, 4.69) is 20.5 Å². The number of nitrogens with two attached hydrogens (primary N) is 1. The van der Waals surface area contributed by atoms with Crippen molar-refractivity contribution in [1.29, 1.82) is 0 Å². The lowest BCUT2D eigenvalue weighted by Crippen LogP contribution is -2.01. The molecule has 0 amide bonds. The highest BCUT2D eigenvalue weighted by Crippen LogP contribution is 2.40. The molecule has 6 aromatic carbocycles. The van der Waals surface area contributed by atoms with Crippen LogP contribution in [0.2, 0.25) is 0 Å². The Morgan fingerprint density at radius 1 is 0.500 bits per heavy atom. The molecular formula is C32H23N5O7S2. The van der Waals surface area contributed by atoms with Gasteiger partial charge in [-0.15, -0.1) is 10.2 Å². The van der Waals surface area contributed by atoms with Gasteiger partial charge in [0.15, 0.2) is 5.75 Å². The van der Waals surface area contributed by atoms with Crippen molar-refractivity contribution in [3.8, 4) is 16.9 Å². The Morgan fingerprint density at radius 3 is 1.37 bits per heavy atom. The van der Waals surface area contributed by atoms with E-state index in [1.54, 1.807) is 72.8 Å². The second kappa shape index (κ2) is 11.8. The van der Waals surface area contributed by atoms with Crippen LogP contribution in [0, 0.1) is 0 Å². The first kappa shape index (κ1) is 30.5. The Bertz CT molecular complexity index is 2260. The highest BCUT2D eigenvalue weighted by Gasteiger charge is 2.20. The largest absolute Gasteiger partial charge is 0.505 e. The molecule has 0 aliphatic heterocycles. The first-order valence-electron chi connectivity index (χ1n) is 13.4. The maximum atomic E-state index is 12.0. The molecule has 0 aliphatic rings. The minimum absolute atomic E-state index is 0.0892. The monoisotopic (exact) mass is 653 g/mol. The number of aromatic hydroxyl groups is 1. The molecule has 0 bridgehead atoms. The lowest BCUT2D eigenvalue weighted by molar-refractivity contribution is 0.479. The highest BCUT2D eigenvalue weighted by atomic mass is 32.2. The number of phenolic OH excluding ortho intramolecular Hbond substituents is 1. The molecule has 0 aromatic heterocycles. The van der Waals surface area contributed by atoms with Gasteiger partial charge in [-0.05, 0) is 47.5 Å². The summed E-state index contributed by atoms with van der Waals surface area (Å²) >= 11 is 0. The van der Waals surface area contributed by atoms with Crippen molar-refractivity contribution in [2.45, 2.75) is 9.79 Å². The molecule has 0 spiro atoms. The smallest absolute Gasteiger partial charge is 0.295 e. The van der Waals surface area contributed by atoms with E-state index in [-0.39, 0.29) is 43.9 Å². The van der Waals surface area contributed by atoms with Crippen LogP contribution in [0.1, 0.15) is 0 Å². The molecule has 46 heavy (non-hydrogen) atoms. The summed E-state index contributed by atoms with van der Waals surface area (Å²) in [5.41, 5.74) is 8.97. The summed E-state index contributed by atoms with van der Waals surface area (Å²) < 4.78 is 67.2. The molecule has 6 aromatic rings. The quantitative estimate of drug-likeness (QED) is 0.0747. The number of nitrogen functional groups attached to an aromatic ring is 1. The molecule has 230 valence electrons. The van der Waals surface area contributed by atoms with Crippen LogP contribution in [0.4, 0.5) is 28.4 Å². The lowest BCUT2D eigenvalue weighted by atomic mass is 10.1. The molecule has 0 radical (unpaired) electrons. The average Bonchev–Trinajstić information content (AvgIpc) is 3.04. The van der Waals surface area contributed by atoms with Crippen molar-refractivity contribution in [3.63, 3.8) is 0 Å². The normalized spacial score (nSPS) is 12.5. The van der Waals surface area contributed by atoms with Crippen molar-refractivity contribution >= 4 is 70.2 Å². The zero-order chi connectivity index (χ0) is 32.6. The van der Waals surface area contributed by atoms with Crippen LogP contribution in [-0.4, -0.2) is 31.0 Å². The highest BCUT2D eigenvalue weighted by molar-refractivity contribution is 7.86. The van der Waals surface area contributed by atoms with Crippen molar-refractivity contribution in [2.24, 2.45) is 20.5 Å². The standard InChI is InChI=1S/C32H23N5O7S2/c33-31-25-7-3-1-5-23(25)29(45(39,40)41)17-27(31)36-34-21-13-9-19(10-14-21)20-11-15-22(16-12-20)35-37-28-18-30(46(42,43)44)24-6-2-4-8-26(24)32(28)38/h1-18,38H,33H2,(H,39,40,41)(H,42,43,44). The number of hydrogen-bond donors (Lipinski definition) is 4. The number of azo groups is 2. The van der Waals surface area contributed by atoms with Crippen molar-refractivity contribution in [2.75, 3.05) is 5.73 Å². The third kappa shape index (κ3) is 6.05. The second-order valence-electron chi connectivity index (χ2n) is 10.1. The fourth-order valence-electron chi connectivity index (χ4n) is 4.91. The van der Waals surface area contributed by atoms with E-state index in [4.69, 9.17) is 5.73 Å². The predicted molar refractivity (Wildman–Crippen MR) is 174 cm³/mol. The Labute approximate surface area is 262 Å². The third-order valence-electron chi connectivity index (χ3n) is 7.15. The van der Waals surface area contributed by atoms with Crippen LogP contribution >= 0.6 is 0 Å². The van der Waals surface area contributed by atoms with Gasteiger partial charge in [-0.1, -0.05) is 72.8 Å². The molecule has 0 heterocycles. The molecule has 0 unspecified atom stereocenters. The second-order valence-corrected chi connectivity index (χ2v) is 12.9. The van der Waals surface area contributed by atoms with Crippen LogP contribution in [0.5, 0.6) is 5.75 Å². The molecule has 0 atom stereocenters. The summed E-state index contributed by atoms with van der Waals surface area (Å²) in [5, 5.41) is 28.2. The molecular weight excluding hydrogens is 631 g/mol. The van der Waals surface area contributed by atoms with Gasteiger partial charge in [0.25, 0.3) is 20.2 Å². The summed E-state index contributed by atoms with van der Waals surface area (Å²) in [6.45, 7) is 0. The number of nitrogens with zero attached hydrogens (tertiary/aromatic N) is 4. The van der Waals surface area contributed by atoms with E-state index in [0.29, 0.717) is 16.8 Å². The molecule has 14 heteroatoms. The first-order chi connectivity index (χ1) is 21.9. The van der Waals surface area contributed by atoms with Gasteiger partial charge in [0.2, 0.25) is 0 Å². The summed E-state index contributed by atoms with van der Waals surface area (Å²) in [6.07, 6.45) is 0. The fourth-order valence-corrected chi connectivity index (χ4v) is 6.35. The molecule has 0 fully saturated rings. The number of rotatable bonds is 7. The molecule has 0 saturated heterocycles. The Balaban J connectivity index is 1.22. The SMILES string of the molecule is Nc1c(N=Nc2ccc(-c3ccc(N=Nc4cc(S(=O)(=O)O)c5ccccc5c4O)cc3)cc2)cc(S(=O)(=O)O)c2ccccc12. The van der Waals surface area contributed by atoms with E-state index in [1.165, 1.54) is 18.2 Å². The summed E-state index contributed by atoms with van der Waals surface area (Å²) in [5.74, 6) is -0.275. The van der Waals surface area contributed by atoms with Gasteiger partial charge in [0.1, 0.15) is 21.2 Å². The zero-order valence-electron chi connectivity index (χ0n) is 23.5. The number of fused-ring (bicyclic) bond motifs is 2. The minimum Gasteiger partial charge on any atom is -0.505 e. The van der Waals surface area contributed by atoms with Gasteiger partial charge < -0.3 is 10.8 Å². The average molecular weight is 654 g/mol. The number of anilines is 1. The first-order valence-corrected chi connectivity index (χ1v) is 16.3. The van der Waals surface area contributed by atoms with Gasteiger partial charge >= 0.3 is 0 Å². The topological polar surface area (TPSA) is 204 Å². The van der Waals surface area contributed by atoms with Crippen LogP contribution < -0.4 is 5.73 Å². The van der Waals surface area contributed by atoms with E-state index in [9.17, 15) is 31.0 Å². The van der Waals surface area contributed by atoms with E-state index >= 15 is 0 Å². The van der Waals surface area contributed by atoms with Gasteiger partial charge in [0.05, 0.1) is 17.1 Å². The van der Waals surface area contributed by atoms with Crippen LogP contribution in [-0.2, 0) is 20.2 Å². The molecule has 6 rings (SSSR count). The Hall–Kier alpha value is -5.54. The molecule has 12 nitrogen and oxygen atoms in total. The maximum absolute atomic E-state index is 12.0. The van der Waals surface area contributed by atoms with Gasteiger partial charge in [-0.25, -0.2) is 0 Å². The van der Waals surface area contributed by atoms with Crippen LogP contribution in [0.3, 0.4) is 0 Å². The van der Waals surface area contributed by atoms with Gasteiger partial charge in [-0.3, -0.25) is 9.11 Å². The number of hydrogen-bond acceptors (Lipinski definition) is 10. The third-order valence-corrected chi connectivity index (χ3v) is 8.94. The molecule has 0 aliphatic carbocycles. The Kier molecular flexibility index (Phi) is 7.79. The van der Waals surface area contributed by atoms with Crippen LogP contribution in [0.15, 0.2) is 139 Å². The summed E-state index contributed by atoms with van der Waals surface area (Å²) in [4.78, 5) is -0.710. The number of phenols is 1.